The summed E-state index contributed by atoms with van der Waals surface area (Å²) in [7, 11) is 2.75. The predicted molar refractivity (Wildman–Crippen MR) is 110 cm³/mol. The number of hydrogen-bond acceptors (Lipinski definition) is 7. The number of rotatable bonds is 4. The highest BCUT2D eigenvalue weighted by Gasteiger charge is 2.21. The molecular formula is C22H21NO7. The van der Waals surface area contributed by atoms with Gasteiger partial charge in [0.1, 0.15) is 22.5 Å². The van der Waals surface area contributed by atoms with E-state index in [2.05, 4.69) is 0 Å². The average Bonchev–Trinajstić information content (AvgIpc) is 3.28. The monoisotopic (exact) mass is 411 g/mol. The Morgan fingerprint density at radius 1 is 1.03 bits per heavy atom. The van der Waals surface area contributed by atoms with E-state index in [9.17, 15) is 14.7 Å². The second-order valence-electron chi connectivity index (χ2n) is 6.90. The molecule has 1 aliphatic heterocycles. The highest BCUT2D eigenvalue weighted by atomic mass is 16.6. The zero-order valence-electron chi connectivity index (χ0n) is 16.6. The standard InChI is InChI=1S/C22H21NO7/c1-27-20-16(25)12-18-19(21(20)28-2)15(24)11-17(30-18)13-5-7-14(8-6-13)29-22(26)23-9-3-4-10-23/h5-8,11-12,25H,3-4,9-10H2,1-2H3. The van der Waals surface area contributed by atoms with E-state index in [0.717, 1.165) is 12.8 Å². The number of fused-ring (bicyclic) bond motifs is 1. The van der Waals surface area contributed by atoms with Crippen molar-refractivity contribution in [3.05, 3.63) is 46.6 Å². The fourth-order valence-corrected chi connectivity index (χ4v) is 3.54. The number of aromatic hydroxyl groups is 1. The van der Waals surface area contributed by atoms with Gasteiger partial charge in [-0.2, -0.15) is 0 Å². The van der Waals surface area contributed by atoms with Gasteiger partial charge in [0, 0.05) is 30.8 Å². The van der Waals surface area contributed by atoms with E-state index in [1.807, 2.05) is 0 Å². The molecule has 0 saturated carbocycles. The second kappa shape index (κ2) is 7.98. The molecule has 1 saturated heterocycles. The third kappa shape index (κ3) is 3.52. The van der Waals surface area contributed by atoms with Crippen LogP contribution in [-0.4, -0.2) is 43.4 Å². The second-order valence-corrected chi connectivity index (χ2v) is 6.90. The van der Waals surface area contributed by atoms with Crippen molar-refractivity contribution < 1.29 is 28.5 Å². The van der Waals surface area contributed by atoms with Crippen LogP contribution in [0.2, 0.25) is 0 Å². The van der Waals surface area contributed by atoms with Crippen LogP contribution in [0.15, 0.2) is 45.6 Å². The third-order valence-electron chi connectivity index (χ3n) is 5.03. The maximum atomic E-state index is 12.7. The van der Waals surface area contributed by atoms with Gasteiger partial charge in [-0.1, -0.05) is 0 Å². The molecule has 0 radical (unpaired) electrons. The van der Waals surface area contributed by atoms with E-state index in [1.165, 1.54) is 26.4 Å². The summed E-state index contributed by atoms with van der Waals surface area (Å²) in [4.78, 5) is 26.5. The molecule has 8 heteroatoms. The zero-order chi connectivity index (χ0) is 21.3. The van der Waals surface area contributed by atoms with Gasteiger partial charge in [-0.15, -0.1) is 0 Å². The van der Waals surface area contributed by atoms with Gasteiger partial charge < -0.3 is 28.6 Å². The van der Waals surface area contributed by atoms with Crippen LogP contribution in [0.4, 0.5) is 4.79 Å². The minimum atomic E-state index is -0.367. The maximum Gasteiger partial charge on any atom is 0.415 e. The number of hydrogen-bond donors (Lipinski definition) is 1. The molecule has 4 rings (SSSR count). The van der Waals surface area contributed by atoms with Crippen LogP contribution in [0.5, 0.6) is 23.0 Å². The Morgan fingerprint density at radius 3 is 2.33 bits per heavy atom. The first-order valence-electron chi connectivity index (χ1n) is 9.51. The van der Waals surface area contributed by atoms with Gasteiger partial charge in [0.25, 0.3) is 0 Å². The molecule has 1 N–H and O–H groups in total. The number of carbonyl (C=O) groups is 1. The molecule has 30 heavy (non-hydrogen) atoms. The van der Waals surface area contributed by atoms with E-state index >= 15 is 0 Å². The summed E-state index contributed by atoms with van der Waals surface area (Å²) in [5, 5.41) is 10.3. The number of phenolic OH excluding ortho intramolecular Hbond substituents is 1. The van der Waals surface area contributed by atoms with Crippen LogP contribution in [-0.2, 0) is 0 Å². The van der Waals surface area contributed by atoms with Crippen LogP contribution in [0.3, 0.4) is 0 Å². The van der Waals surface area contributed by atoms with Gasteiger partial charge in [0.05, 0.1) is 14.2 Å². The van der Waals surface area contributed by atoms with E-state index in [1.54, 1.807) is 29.2 Å². The summed E-state index contributed by atoms with van der Waals surface area (Å²) >= 11 is 0. The highest BCUT2D eigenvalue weighted by molar-refractivity contribution is 5.90. The number of carbonyl (C=O) groups excluding carboxylic acids is 1. The normalized spacial score (nSPS) is 13.5. The number of ether oxygens (including phenoxy) is 3. The van der Waals surface area contributed by atoms with Gasteiger partial charge >= 0.3 is 6.09 Å². The summed E-state index contributed by atoms with van der Waals surface area (Å²) in [6.45, 7) is 1.42. The molecule has 0 atom stereocenters. The van der Waals surface area contributed by atoms with Crippen molar-refractivity contribution in [1.82, 2.24) is 4.90 Å². The molecule has 0 spiro atoms. The molecule has 0 bridgehead atoms. The summed E-state index contributed by atoms with van der Waals surface area (Å²) in [6, 6.07) is 9.31. The van der Waals surface area contributed by atoms with Crippen LogP contribution in [0.1, 0.15) is 12.8 Å². The van der Waals surface area contributed by atoms with Crippen LogP contribution in [0.25, 0.3) is 22.3 Å². The molecule has 2 aromatic carbocycles. The van der Waals surface area contributed by atoms with E-state index in [-0.39, 0.29) is 39.7 Å². The number of amides is 1. The Labute approximate surface area is 172 Å². The molecule has 1 amide bonds. The van der Waals surface area contributed by atoms with Crippen molar-refractivity contribution in [2.24, 2.45) is 0 Å². The number of nitrogens with zero attached hydrogens (tertiary/aromatic N) is 1. The average molecular weight is 411 g/mol. The van der Waals surface area contributed by atoms with Gasteiger partial charge in [-0.05, 0) is 37.1 Å². The Morgan fingerprint density at radius 2 is 1.70 bits per heavy atom. The molecule has 0 unspecified atom stereocenters. The van der Waals surface area contributed by atoms with E-state index in [0.29, 0.717) is 30.2 Å². The summed E-state index contributed by atoms with van der Waals surface area (Å²) < 4.78 is 21.6. The summed E-state index contributed by atoms with van der Waals surface area (Å²) in [5.41, 5.74) is 0.437. The largest absolute Gasteiger partial charge is 0.504 e. The first-order valence-corrected chi connectivity index (χ1v) is 9.51. The summed E-state index contributed by atoms with van der Waals surface area (Å²) in [6.07, 6.45) is 1.61. The Balaban J connectivity index is 1.66. The Hall–Kier alpha value is -3.68. The lowest BCUT2D eigenvalue weighted by Gasteiger charge is -2.15. The van der Waals surface area contributed by atoms with Crippen molar-refractivity contribution in [3.8, 4) is 34.3 Å². The van der Waals surface area contributed by atoms with E-state index < -0.39 is 0 Å². The van der Waals surface area contributed by atoms with Crippen molar-refractivity contribution >= 4 is 17.1 Å². The molecular weight excluding hydrogens is 390 g/mol. The molecule has 0 aliphatic carbocycles. The first-order chi connectivity index (χ1) is 14.5. The topological polar surface area (TPSA) is 98.4 Å². The Bertz CT molecular complexity index is 1140. The number of phenols is 1. The lowest BCUT2D eigenvalue weighted by molar-refractivity contribution is 0.163. The third-order valence-corrected chi connectivity index (χ3v) is 5.03. The fourth-order valence-electron chi connectivity index (χ4n) is 3.54. The zero-order valence-corrected chi connectivity index (χ0v) is 16.6. The van der Waals surface area contributed by atoms with Crippen molar-refractivity contribution in [1.29, 1.82) is 0 Å². The lowest BCUT2D eigenvalue weighted by Crippen LogP contribution is -2.30. The number of methoxy groups -OCH3 is 2. The molecule has 156 valence electrons. The quantitative estimate of drug-likeness (QED) is 0.698. The predicted octanol–water partition coefficient (Wildman–Crippen LogP) is 3.78. The molecule has 2 heterocycles. The van der Waals surface area contributed by atoms with Gasteiger partial charge in [0.15, 0.2) is 16.9 Å². The lowest BCUT2D eigenvalue weighted by atomic mass is 10.1. The van der Waals surface area contributed by atoms with Gasteiger partial charge in [-0.25, -0.2) is 4.79 Å². The smallest absolute Gasteiger partial charge is 0.415 e. The number of likely N-dealkylation sites (tertiary alicyclic amines) is 1. The van der Waals surface area contributed by atoms with Gasteiger partial charge in [-0.3, -0.25) is 4.79 Å². The summed E-state index contributed by atoms with van der Waals surface area (Å²) in [5.74, 6) is 0.678. The number of benzene rings is 2. The minimum absolute atomic E-state index is 0.0641. The Kier molecular flexibility index (Phi) is 5.22. The van der Waals surface area contributed by atoms with Crippen LogP contribution < -0.4 is 19.6 Å². The highest BCUT2D eigenvalue weighted by Crippen LogP contribution is 2.42. The molecule has 3 aromatic rings. The van der Waals surface area contributed by atoms with Crippen LogP contribution >= 0.6 is 0 Å². The van der Waals surface area contributed by atoms with Crippen LogP contribution in [0, 0.1) is 0 Å². The molecule has 1 aliphatic rings. The van der Waals surface area contributed by atoms with Gasteiger partial charge in [0.2, 0.25) is 5.75 Å². The molecule has 8 nitrogen and oxygen atoms in total. The fraction of sp³-hybridized carbons (Fsp3) is 0.273. The maximum absolute atomic E-state index is 12.7. The first kappa shape index (κ1) is 19.6. The molecule has 1 aromatic heterocycles. The minimum Gasteiger partial charge on any atom is -0.504 e. The molecule has 1 fully saturated rings. The van der Waals surface area contributed by atoms with Crippen molar-refractivity contribution in [2.45, 2.75) is 12.8 Å². The van der Waals surface area contributed by atoms with Crippen molar-refractivity contribution in [2.75, 3.05) is 27.3 Å². The van der Waals surface area contributed by atoms with Crippen molar-refractivity contribution in [3.63, 3.8) is 0 Å². The SMILES string of the molecule is COc1c(O)cc2oc(-c3ccc(OC(=O)N4CCCC4)cc3)cc(=O)c2c1OC. The van der Waals surface area contributed by atoms with E-state index in [4.69, 9.17) is 18.6 Å².